The van der Waals surface area contributed by atoms with Crippen molar-refractivity contribution in [3.63, 3.8) is 0 Å². The standard InChI is InChI=1S/C23H24FN3OS/c1-2-16-3-5-17(6-4-16)14-26-22-19-13-18(24)7-8-21(19)25-15-20(22)23(28)27-9-11-29-12-10-27/h3-8,13,15H,2,9-12,14H2,1H3,(H,25,26). The molecule has 0 spiro atoms. The van der Waals surface area contributed by atoms with Crippen molar-refractivity contribution in [2.24, 2.45) is 0 Å². The maximum atomic E-state index is 14.0. The molecule has 1 N–H and O–H groups in total. The second-order valence-electron chi connectivity index (χ2n) is 7.14. The number of pyridine rings is 1. The van der Waals surface area contributed by atoms with Crippen molar-refractivity contribution in [1.29, 1.82) is 0 Å². The smallest absolute Gasteiger partial charge is 0.257 e. The van der Waals surface area contributed by atoms with E-state index in [0.717, 1.165) is 36.6 Å². The summed E-state index contributed by atoms with van der Waals surface area (Å²) in [5.74, 6) is 1.49. The number of hydrogen-bond acceptors (Lipinski definition) is 4. The van der Waals surface area contributed by atoms with Crippen LogP contribution in [-0.2, 0) is 13.0 Å². The second kappa shape index (κ2) is 8.82. The highest BCUT2D eigenvalue weighted by atomic mass is 32.2. The molecule has 2 heterocycles. The number of nitrogens with one attached hydrogen (secondary N) is 1. The van der Waals surface area contributed by atoms with Crippen molar-refractivity contribution in [2.45, 2.75) is 19.9 Å². The van der Waals surface area contributed by atoms with E-state index in [1.807, 2.05) is 16.7 Å². The van der Waals surface area contributed by atoms with Gasteiger partial charge in [-0.3, -0.25) is 9.78 Å². The van der Waals surface area contributed by atoms with Crippen LogP contribution in [0.3, 0.4) is 0 Å². The largest absolute Gasteiger partial charge is 0.380 e. The van der Waals surface area contributed by atoms with Crippen molar-refractivity contribution in [3.05, 3.63) is 71.2 Å². The Balaban J connectivity index is 1.69. The Morgan fingerprint density at radius 2 is 1.86 bits per heavy atom. The summed E-state index contributed by atoms with van der Waals surface area (Å²) < 4.78 is 14.0. The van der Waals surface area contributed by atoms with Crippen LogP contribution in [-0.4, -0.2) is 40.4 Å². The molecule has 150 valence electrons. The van der Waals surface area contributed by atoms with Crippen LogP contribution in [0.2, 0.25) is 0 Å². The van der Waals surface area contributed by atoms with Crippen LogP contribution in [0.1, 0.15) is 28.4 Å². The van der Waals surface area contributed by atoms with Gasteiger partial charge in [-0.05, 0) is 35.7 Å². The minimum absolute atomic E-state index is 0.0483. The van der Waals surface area contributed by atoms with Crippen LogP contribution < -0.4 is 5.32 Å². The quantitative estimate of drug-likeness (QED) is 0.661. The number of aryl methyl sites for hydroxylation is 1. The first-order valence-electron chi connectivity index (χ1n) is 9.92. The lowest BCUT2D eigenvalue weighted by molar-refractivity contribution is 0.0773. The van der Waals surface area contributed by atoms with Gasteiger partial charge in [0.05, 0.1) is 16.8 Å². The van der Waals surface area contributed by atoms with Gasteiger partial charge in [-0.15, -0.1) is 0 Å². The first-order chi connectivity index (χ1) is 14.2. The zero-order valence-electron chi connectivity index (χ0n) is 16.5. The predicted octanol–water partition coefficient (Wildman–Crippen LogP) is 4.74. The molecule has 4 rings (SSSR count). The van der Waals surface area contributed by atoms with E-state index in [1.165, 1.54) is 17.7 Å². The molecule has 0 saturated carbocycles. The predicted molar refractivity (Wildman–Crippen MR) is 118 cm³/mol. The number of nitrogens with zero attached hydrogens (tertiary/aromatic N) is 2. The number of amides is 1. The van der Waals surface area contributed by atoms with E-state index < -0.39 is 0 Å². The number of carbonyl (C=O) groups is 1. The van der Waals surface area contributed by atoms with Crippen LogP contribution >= 0.6 is 11.8 Å². The van der Waals surface area contributed by atoms with Gasteiger partial charge in [-0.25, -0.2) is 4.39 Å². The lowest BCUT2D eigenvalue weighted by atomic mass is 10.1. The van der Waals surface area contributed by atoms with Gasteiger partial charge in [0.25, 0.3) is 5.91 Å². The molecule has 1 aliphatic heterocycles. The second-order valence-corrected chi connectivity index (χ2v) is 8.36. The molecule has 1 amide bonds. The van der Waals surface area contributed by atoms with Gasteiger partial charge in [0.15, 0.2) is 0 Å². The molecule has 29 heavy (non-hydrogen) atoms. The molecule has 0 radical (unpaired) electrons. The van der Waals surface area contributed by atoms with Crippen molar-refractivity contribution in [2.75, 3.05) is 29.9 Å². The van der Waals surface area contributed by atoms with Gasteiger partial charge in [0, 0.05) is 42.7 Å². The van der Waals surface area contributed by atoms with Crippen LogP contribution in [0.25, 0.3) is 10.9 Å². The molecule has 1 saturated heterocycles. The van der Waals surface area contributed by atoms with Gasteiger partial charge in [0.1, 0.15) is 5.82 Å². The molecule has 1 aromatic heterocycles. The highest BCUT2D eigenvalue weighted by Crippen LogP contribution is 2.29. The first kappa shape index (κ1) is 19.7. The molecule has 1 aliphatic rings. The topological polar surface area (TPSA) is 45.2 Å². The number of anilines is 1. The van der Waals surface area contributed by atoms with E-state index >= 15 is 0 Å². The molecule has 3 aromatic rings. The average molecular weight is 410 g/mol. The normalized spacial score (nSPS) is 14.2. The fraction of sp³-hybridized carbons (Fsp3) is 0.304. The number of fused-ring (bicyclic) bond motifs is 1. The van der Waals surface area contributed by atoms with Crippen molar-refractivity contribution >= 4 is 34.3 Å². The Morgan fingerprint density at radius 3 is 2.59 bits per heavy atom. The van der Waals surface area contributed by atoms with E-state index in [-0.39, 0.29) is 11.7 Å². The van der Waals surface area contributed by atoms with E-state index in [9.17, 15) is 9.18 Å². The fourth-order valence-electron chi connectivity index (χ4n) is 3.54. The highest BCUT2D eigenvalue weighted by molar-refractivity contribution is 7.99. The number of hydrogen-bond donors (Lipinski definition) is 1. The van der Waals surface area contributed by atoms with Crippen LogP contribution in [0, 0.1) is 5.82 Å². The first-order valence-corrected chi connectivity index (χ1v) is 11.1. The number of benzene rings is 2. The van der Waals surface area contributed by atoms with Gasteiger partial charge in [0.2, 0.25) is 0 Å². The molecule has 1 fully saturated rings. The summed E-state index contributed by atoms with van der Waals surface area (Å²) in [6, 6.07) is 12.9. The maximum Gasteiger partial charge on any atom is 0.257 e. The Labute approximate surface area is 174 Å². The van der Waals surface area contributed by atoms with Gasteiger partial charge in [-0.1, -0.05) is 31.2 Å². The highest BCUT2D eigenvalue weighted by Gasteiger charge is 2.23. The number of halogens is 1. The van der Waals surface area contributed by atoms with Crippen LogP contribution in [0.15, 0.2) is 48.7 Å². The molecule has 6 heteroatoms. The fourth-order valence-corrected chi connectivity index (χ4v) is 4.44. The molecule has 0 atom stereocenters. The maximum absolute atomic E-state index is 14.0. The Hall–Kier alpha value is -2.60. The Kier molecular flexibility index (Phi) is 6.00. The molecule has 0 bridgehead atoms. The summed E-state index contributed by atoms with van der Waals surface area (Å²) >= 11 is 1.86. The summed E-state index contributed by atoms with van der Waals surface area (Å²) in [5.41, 5.74) is 4.21. The Morgan fingerprint density at radius 1 is 1.14 bits per heavy atom. The third-order valence-electron chi connectivity index (χ3n) is 5.26. The summed E-state index contributed by atoms with van der Waals surface area (Å²) in [6.45, 7) is 4.13. The summed E-state index contributed by atoms with van der Waals surface area (Å²) in [6.07, 6.45) is 2.61. The van der Waals surface area contributed by atoms with Crippen LogP contribution in [0.4, 0.5) is 10.1 Å². The minimum Gasteiger partial charge on any atom is -0.380 e. The lowest BCUT2D eigenvalue weighted by Gasteiger charge is -2.27. The van der Waals surface area contributed by atoms with E-state index in [1.54, 1.807) is 12.3 Å². The summed E-state index contributed by atoms with van der Waals surface area (Å²) in [5, 5.41) is 4.03. The van der Waals surface area contributed by atoms with Gasteiger partial charge < -0.3 is 10.2 Å². The summed E-state index contributed by atoms with van der Waals surface area (Å²) in [7, 11) is 0. The molecule has 2 aromatic carbocycles. The number of rotatable bonds is 5. The molecular weight excluding hydrogens is 385 g/mol. The van der Waals surface area contributed by atoms with E-state index in [4.69, 9.17) is 0 Å². The third kappa shape index (κ3) is 4.37. The van der Waals surface area contributed by atoms with Crippen molar-refractivity contribution in [1.82, 2.24) is 9.88 Å². The monoisotopic (exact) mass is 409 g/mol. The number of carbonyl (C=O) groups excluding carboxylic acids is 1. The molecular formula is C23H24FN3OS. The number of thioether (sulfide) groups is 1. The van der Waals surface area contributed by atoms with Gasteiger partial charge >= 0.3 is 0 Å². The van der Waals surface area contributed by atoms with Crippen molar-refractivity contribution in [3.8, 4) is 0 Å². The average Bonchev–Trinajstić information content (AvgIpc) is 2.77. The van der Waals surface area contributed by atoms with Crippen LogP contribution in [0.5, 0.6) is 0 Å². The number of aromatic nitrogens is 1. The summed E-state index contributed by atoms with van der Waals surface area (Å²) in [4.78, 5) is 19.5. The minimum atomic E-state index is -0.339. The van der Waals surface area contributed by atoms with E-state index in [2.05, 4.69) is 41.5 Å². The molecule has 0 unspecified atom stereocenters. The zero-order valence-corrected chi connectivity index (χ0v) is 17.3. The molecule has 4 nitrogen and oxygen atoms in total. The van der Waals surface area contributed by atoms with Crippen molar-refractivity contribution < 1.29 is 9.18 Å². The molecule has 0 aliphatic carbocycles. The third-order valence-corrected chi connectivity index (χ3v) is 6.20. The Bertz CT molecular complexity index is 1020. The van der Waals surface area contributed by atoms with E-state index in [0.29, 0.717) is 28.7 Å². The SMILES string of the molecule is CCc1ccc(CNc2c(C(=O)N3CCSCC3)cnc3ccc(F)cc23)cc1. The van der Waals surface area contributed by atoms with Gasteiger partial charge in [-0.2, -0.15) is 11.8 Å². The lowest BCUT2D eigenvalue weighted by Crippen LogP contribution is -2.38. The zero-order chi connectivity index (χ0) is 20.2.